The normalized spacial score (nSPS) is 9.42. The number of methoxy groups -OCH3 is 1. The predicted molar refractivity (Wildman–Crippen MR) is 47.5 cm³/mol. The summed E-state index contributed by atoms with van der Waals surface area (Å²) in [7, 11) is 3.50. The summed E-state index contributed by atoms with van der Waals surface area (Å²) in [4.78, 5) is 0. The molecule has 5 heteroatoms. The Bertz CT molecular complexity index is 378. The Morgan fingerprint density at radius 1 is 1.50 bits per heavy atom. The average molecular weight is 267 g/mol. The van der Waals surface area contributed by atoms with Gasteiger partial charge in [-0.15, -0.1) is 0 Å². The van der Waals surface area contributed by atoms with Gasteiger partial charge >= 0.3 is 73.3 Å². The molecule has 1 aromatic carbocycles. The van der Waals surface area contributed by atoms with Crippen molar-refractivity contribution in [2.75, 3.05) is 7.11 Å². The number of ether oxygens (including phenoxy) is 1. The van der Waals surface area contributed by atoms with Crippen LogP contribution in [0.15, 0.2) is 18.2 Å². The minimum absolute atomic E-state index is 0. The molecule has 0 radical (unpaired) electrons. The van der Waals surface area contributed by atoms with Crippen LogP contribution in [0.5, 0.6) is 5.75 Å². The van der Waals surface area contributed by atoms with Crippen molar-refractivity contribution < 1.29 is 17.1 Å². The van der Waals surface area contributed by atoms with Crippen LogP contribution in [0.1, 0.15) is 0 Å². The van der Waals surface area contributed by atoms with Crippen molar-refractivity contribution in [3.8, 4) is 5.75 Å². The fraction of sp³-hybridized carbons (Fsp3) is 0.143. The number of fused-ring (bicyclic) bond motifs is 1. The summed E-state index contributed by atoms with van der Waals surface area (Å²) in [6.45, 7) is 0. The van der Waals surface area contributed by atoms with E-state index in [4.69, 9.17) is 4.74 Å². The number of rotatable bonds is 1. The third kappa shape index (κ3) is 1.77. The van der Waals surface area contributed by atoms with Gasteiger partial charge < -0.3 is 12.4 Å². The number of benzene rings is 1. The monoisotopic (exact) mass is 267 g/mol. The molecule has 12 heavy (non-hydrogen) atoms. The SMILES string of the molecule is COc1ccc2n[se][s+]c2c1.[Cl-]. The molecule has 0 amide bonds. The van der Waals surface area contributed by atoms with Crippen LogP contribution < -0.4 is 17.1 Å². The third-order valence-electron chi connectivity index (χ3n) is 1.43. The third-order valence-corrected chi connectivity index (χ3v) is 4.57. The Morgan fingerprint density at radius 2 is 2.33 bits per heavy atom. The summed E-state index contributed by atoms with van der Waals surface area (Å²) in [5.41, 5.74) is 1.12. The van der Waals surface area contributed by atoms with Gasteiger partial charge in [-0.2, -0.15) is 0 Å². The van der Waals surface area contributed by atoms with Gasteiger partial charge in [0, 0.05) is 0 Å². The second kappa shape index (κ2) is 4.19. The molecule has 2 aromatic rings. The summed E-state index contributed by atoms with van der Waals surface area (Å²) >= 11 is 0.356. The summed E-state index contributed by atoms with van der Waals surface area (Å²) in [5, 5.41) is 0. The number of aromatic nitrogens is 1. The standard InChI is InChI=1S/C7H6NOSSe.ClH/c1-9-5-2-3-6-7(4-5)10-11-8-6;/h2-4H,1H3;1H/q+1;/p-1. The van der Waals surface area contributed by atoms with Gasteiger partial charge in [0.05, 0.1) is 0 Å². The fourth-order valence-electron chi connectivity index (χ4n) is 0.863. The molecular formula is C7H6ClNOSSe. The quantitative estimate of drug-likeness (QED) is 0.470. The van der Waals surface area contributed by atoms with Crippen LogP contribution in [0, 0.1) is 0 Å². The molecule has 0 aliphatic rings. The molecule has 0 spiro atoms. The molecule has 0 atom stereocenters. The van der Waals surface area contributed by atoms with Crippen LogP contribution in [0.4, 0.5) is 0 Å². The Balaban J connectivity index is 0.000000720. The van der Waals surface area contributed by atoms with Gasteiger partial charge in [0.1, 0.15) is 0 Å². The van der Waals surface area contributed by atoms with Gasteiger partial charge in [-0.3, -0.25) is 0 Å². The molecule has 0 saturated carbocycles. The summed E-state index contributed by atoms with van der Waals surface area (Å²) in [6.07, 6.45) is 0. The minimum Gasteiger partial charge on any atom is -1.00 e. The molecule has 1 aromatic heterocycles. The first kappa shape index (κ1) is 9.93. The summed E-state index contributed by atoms with van der Waals surface area (Å²) < 4.78 is 10.7. The van der Waals surface area contributed by atoms with Crippen LogP contribution >= 0.6 is 9.72 Å². The van der Waals surface area contributed by atoms with Gasteiger partial charge in [-0.05, 0) is 0 Å². The Kier molecular flexibility index (Phi) is 3.47. The number of hydrogen-bond acceptors (Lipinski definition) is 2. The van der Waals surface area contributed by atoms with Crippen molar-refractivity contribution in [2.24, 2.45) is 0 Å². The van der Waals surface area contributed by atoms with Crippen LogP contribution in [0.2, 0.25) is 0 Å². The summed E-state index contributed by atoms with van der Waals surface area (Å²) in [5.74, 6) is 0.921. The molecule has 64 valence electrons. The maximum absolute atomic E-state index is 5.09. The van der Waals surface area contributed by atoms with Crippen molar-refractivity contribution in [2.45, 2.75) is 0 Å². The number of hydrogen-bond donors (Lipinski definition) is 0. The van der Waals surface area contributed by atoms with E-state index >= 15 is 0 Å². The minimum atomic E-state index is 0. The molecule has 0 N–H and O–H groups in total. The van der Waals surface area contributed by atoms with E-state index in [1.807, 2.05) is 27.9 Å². The van der Waals surface area contributed by atoms with E-state index < -0.39 is 0 Å². The molecule has 0 bridgehead atoms. The first-order valence-electron chi connectivity index (χ1n) is 3.13. The molecule has 0 aliphatic heterocycles. The first-order chi connectivity index (χ1) is 5.40. The molecule has 2 nitrogen and oxygen atoms in total. The van der Waals surface area contributed by atoms with E-state index in [0.717, 1.165) is 11.3 Å². The largest absolute Gasteiger partial charge is 1.00 e. The fourth-order valence-corrected chi connectivity index (χ4v) is 3.97. The maximum atomic E-state index is 5.09. The van der Waals surface area contributed by atoms with Crippen LogP contribution in [0.25, 0.3) is 10.2 Å². The zero-order valence-electron chi connectivity index (χ0n) is 6.28. The molecule has 2 rings (SSSR count). The van der Waals surface area contributed by atoms with E-state index in [1.54, 1.807) is 7.11 Å². The molecule has 1 heterocycles. The zero-order valence-corrected chi connectivity index (χ0v) is 9.57. The van der Waals surface area contributed by atoms with Crippen LogP contribution in [0.3, 0.4) is 0 Å². The van der Waals surface area contributed by atoms with Gasteiger partial charge in [0.2, 0.25) is 0 Å². The molecule has 0 saturated heterocycles. The number of halogens is 1. The first-order valence-corrected chi connectivity index (χ1v) is 6.73. The summed E-state index contributed by atoms with van der Waals surface area (Å²) in [6, 6.07) is 6.00. The topological polar surface area (TPSA) is 22.1 Å². The molecule has 0 aliphatic carbocycles. The smallest absolute Gasteiger partial charge is 1.00 e. The van der Waals surface area contributed by atoms with Crippen molar-refractivity contribution in [1.29, 1.82) is 0 Å². The molecule has 0 fully saturated rings. The van der Waals surface area contributed by atoms with Crippen molar-refractivity contribution in [3.05, 3.63) is 18.2 Å². The predicted octanol–water partition coefficient (Wildman–Crippen LogP) is -1.35. The van der Waals surface area contributed by atoms with Gasteiger partial charge in [-0.1, -0.05) is 0 Å². The number of nitrogens with zero attached hydrogens (tertiary/aromatic N) is 1. The Labute approximate surface area is 85.6 Å². The maximum Gasteiger partial charge on any atom is -1.00 e. The second-order valence-corrected chi connectivity index (χ2v) is 5.21. The average Bonchev–Trinajstić information content (AvgIpc) is 2.50. The van der Waals surface area contributed by atoms with E-state index in [0.29, 0.717) is 13.6 Å². The van der Waals surface area contributed by atoms with Crippen molar-refractivity contribution in [1.82, 2.24) is 3.98 Å². The molecular weight excluding hydrogens is 261 g/mol. The second-order valence-electron chi connectivity index (χ2n) is 2.08. The van der Waals surface area contributed by atoms with E-state index in [2.05, 4.69) is 3.98 Å². The van der Waals surface area contributed by atoms with Gasteiger partial charge in [0.15, 0.2) is 0 Å². The van der Waals surface area contributed by atoms with Gasteiger partial charge in [-0.25, -0.2) is 0 Å². The van der Waals surface area contributed by atoms with Crippen LogP contribution in [-0.4, -0.2) is 24.7 Å². The van der Waals surface area contributed by atoms with Crippen molar-refractivity contribution >= 4 is 33.5 Å². The van der Waals surface area contributed by atoms with Crippen LogP contribution in [-0.2, 0) is 0 Å². The van der Waals surface area contributed by atoms with E-state index in [1.165, 1.54) is 4.70 Å². The molecule has 0 unspecified atom stereocenters. The Hall–Kier alpha value is -0.151. The van der Waals surface area contributed by atoms with E-state index in [9.17, 15) is 0 Å². The van der Waals surface area contributed by atoms with Crippen molar-refractivity contribution in [3.63, 3.8) is 0 Å². The Morgan fingerprint density at radius 3 is 3.08 bits per heavy atom. The van der Waals surface area contributed by atoms with E-state index in [-0.39, 0.29) is 12.4 Å². The van der Waals surface area contributed by atoms with Gasteiger partial charge in [0.25, 0.3) is 0 Å². The zero-order chi connectivity index (χ0) is 7.68.